The van der Waals surface area contributed by atoms with Gasteiger partial charge in [0, 0.05) is 5.56 Å². The molecule has 108 valence electrons. The van der Waals surface area contributed by atoms with Gasteiger partial charge in [0.2, 0.25) is 0 Å². The molecule has 3 heterocycles. The maximum absolute atomic E-state index is 4.69. The molecule has 0 aliphatic heterocycles. The number of benzene rings is 1. The first-order chi connectivity index (χ1) is 10.8. The molecule has 22 heavy (non-hydrogen) atoms. The van der Waals surface area contributed by atoms with Gasteiger partial charge in [-0.15, -0.1) is 0 Å². The second-order valence-electron chi connectivity index (χ2n) is 5.01. The first-order valence-electron chi connectivity index (χ1n) is 6.87. The lowest BCUT2D eigenvalue weighted by Gasteiger charge is -2.06. The molecule has 0 N–H and O–H groups in total. The van der Waals surface area contributed by atoms with Gasteiger partial charge in [-0.1, -0.05) is 24.3 Å². The van der Waals surface area contributed by atoms with Gasteiger partial charge in [0.25, 0.3) is 0 Å². The van der Waals surface area contributed by atoms with E-state index in [-0.39, 0.29) is 0 Å². The number of aryl methyl sites for hydroxylation is 2. The zero-order valence-electron chi connectivity index (χ0n) is 12.2. The van der Waals surface area contributed by atoms with E-state index in [0.717, 1.165) is 28.2 Å². The molecule has 0 atom stereocenters. The molecule has 1 aromatic carbocycles. The van der Waals surface area contributed by atoms with Gasteiger partial charge >= 0.3 is 0 Å². The van der Waals surface area contributed by atoms with Crippen molar-refractivity contribution in [2.75, 3.05) is 0 Å². The summed E-state index contributed by atoms with van der Waals surface area (Å²) in [6.07, 6.45) is 4.60. The van der Waals surface area contributed by atoms with E-state index in [1.165, 1.54) is 12.7 Å². The second kappa shape index (κ2) is 4.73. The molecule has 0 unspecified atom stereocenters. The fourth-order valence-corrected chi connectivity index (χ4v) is 2.57. The largest absolute Gasteiger partial charge is 0.231 e. The maximum atomic E-state index is 4.69. The number of aromatic nitrogens is 7. The predicted octanol–water partition coefficient (Wildman–Crippen LogP) is 1.99. The summed E-state index contributed by atoms with van der Waals surface area (Å²) >= 11 is 0. The topological polar surface area (TPSA) is 73.8 Å². The minimum absolute atomic E-state index is 0.659. The highest BCUT2D eigenvalue weighted by Gasteiger charge is 2.18. The lowest BCUT2D eigenvalue weighted by Crippen LogP contribution is -2.04. The SMILES string of the molecule is Cc1ccccc1-c1nc(C)n2ncnc(-n3cncn3)c12. The molecule has 0 bridgehead atoms. The van der Waals surface area contributed by atoms with E-state index < -0.39 is 0 Å². The van der Waals surface area contributed by atoms with E-state index in [1.54, 1.807) is 15.5 Å². The number of hydrogen-bond acceptors (Lipinski definition) is 5. The third-order valence-corrected chi connectivity index (χ3v) is 3.61. The van der Waals surface area contributed by atoms with Gasteiger partial charge in [0.15, 0.2) is 5.82 Å². The highest BCUT2D eigenvalue weighted by atomic mass is 15.4. The van der Waals surface area contributed by atoms with Crippen molar-refractivity contribution in [2.45, 2.75) is 13.8 Å². The van der Waals surface area contributed by atoms with Crippen LogP contribution < -0.4 is 0 Å². The monoisotopic (exact) mass is 291 g/mol. The Balaban J connectivity index is 2.10. The summed E-state index contributed by atoms with van der Waals surface area (Å²) in [5.41, 5.74) is 3.88. The Morgan fingerprint density at radius 2 is 1.86 bits per heavy atom. The normalized spacial score (nSPS) is 11.2. The molecular weight excluding hydrogens is 278 g/mol. The van der Waals surface area contributed by atoms with Crippen LogP contribution in [0.25, 0.3) is 22.6 Å². The molecule has 0 amide bonds. The first-order valence-corrected chi connectivity index (χ1v) is 6.87. The van der Waals surface area contributed by atoms with Crippen LogP contribution in [0.15, 0.2) is 43.2 Å². The average Bonchev–Trinajstić information content (AvgIpc) is 3.16. The van der Waals surface area contributed by atoms with Gasteiger partial charge in [-0.25, -0.2) is 24.1 Å². The summed E-state index contributed by atoms with van der Waals surface area (Å²) in [4.78, 5) is 13.1. The van der Waals surface area contributed by atoms with Gasteiger partial charge in [-0.2, -0.15) is 10.2 Å². The van der Waals surface area contributed by atoms with Crippen LogP contribution in [0.5, 0.6) is 0 Å². The molecule has 4 aromatic rings. The average molecular weight is 291 g/mol. The molecule has 0 aliphatic rings. The Labute approximate surface area is 126 Å². The molecule has 0 saturated carbocycles. The number of nitrogens with zero attached hydrogens (tertiary/aromatic N) is 7. The summed E-state index contributed by atoms with van der Waals surface area (Å²) in [7, 11) is 0. The summed E-state index contributed by atoms with van der Waals surface area (Å²) in [5, 5.41) is 8.49. The van der Waals surface area contributed by atoms with E-state index in [1.807, 2.05) is 19.1 Å². The van der Waals surface area contributed by atoms with Gasteiger partial charge in [-0.3, -0.25) is 0 Å². The van der Waals surface area contributed by atoms with Crippen molar-refractivity contribution < 1.29 is 0 Å². The molecule has 7 nitrogen and oxygen atoms in total. The van der Waals surface area contributed by atoms with Crippen molar-refractivity contribution in [3.05, 3.63) is 54.6 Å². The van der Waals surface area contributed by atoms with Crippen LogP contribution >= 0.6 is 0 Å². The molecule has 7 heteroatoms. The molecule has 4 rings (SSSR count). The molecule has 0 radical (unpaired) electrons. The molecule has 0 aliphatic carbocycles. The molecule has 0 fully saturated rings. The van der Waals surface area contributed by atoms with E-state index in [0.29, 0.717) is 5.82 Å². The first kappa shape index (κ1) is 12.6. The summed E-state index contributed by atoms with van der Waals surface area (Å²) in [5.74, 6) is 1.46. The van der Waals surface area contributed by atoms with Crippen molar-refractivity contribution >= 4 is 5.52 Å². The lowest BCUT2D eigenvalue weighted by molar-refractivity contribution is 0.794. The Kier molecular flexibility index (Phi) is 2.72. The van der Waals surface area contributed by atoms with Gasteiger partial charge in [-0.05, 0) is 19.4 Å². The molecule has 3 aromatic heterocycles. The van der Waals surface area contributed by atoms with E-state index in [4.69, 9.17) is 4.98 Å². The number of fused-ring (bicyclic) bond motifs is 1. The molecule has 0 saturated heterocycles. The maximum Gasteiger partial charge on any atom is 0.185 e. The Hall–Kier alpha value is -3.09. The van der Waals surface area contributed by atoms with Crippen LogP contribution in [0.2, 0.25) is 0 Å². The number of imidazole rings is 1. The Morgan fingerprint density at radius 3 is 2.64 bits per heavy atom. The third kappa shape index (κ3) is 1.79. The Morgan fingerprint density at radius 1 is 1.00 bits per heavy atom. The second-order valence-corrected chi connectivity index (χ2v) is 5.01. The quantitative estimate of drug-likeness (QED) is 0.564. The molecular formula is C15H13N7. The Bertz CT molecular complexity index is 953. The minimum atomic E-state index is 0.659. The van der Waals surface area contributed by atoms with Crippen LogP contribution in [0.1, 0.15) is 11.4 Å². The predicted molar refractivity (Wildman–Crippen MR) is 80.6 cm³/mol. The van der Waals surface area contributed by atoms with Crippen LogP contribution in [-0.2, 0) is 0 Å². The van der Waals surface area contributed by atoms with Crippen LogP contribution in [0.3, 0.4) is 0 Å². The van der Waals surface area contributed by atoms with E-state index >= 15 is 0 Å². The zero-order chi connectivity index (χ0) is 15.1. The molecule has 0 spiro atoms. The summed E-state index contributed by atoms with van der Waals surface area (Å²) in [6, 6.07) is 8.13. The van der Waals surface area contributed by atoms with Crippen molar-refractivity contribution in [2.24, 2.45) is 0 Å². The van der Waals surface area contributed by atoms with Crippen LogP contribution in [-0.4, -0.2) is 34.3 Å². The smallest absolute Gasteiger partial charge is 0.185 e. The fourth-order valence-electron chi connectivity index (χ4n) is 2.57. The van der Waals surface area contributed by atoms with Crippen molar-refractivity contribution in [3.8, 4) is 17.1 Å². The van der Waals surface area contributed by atoms with Gasteiger partial charge in [0.05, 0.1) is 0 Å². The standard InChI is InChI=1S/C15H13N7/c1-10-5-3-4-6-12(10)13-14-15(21-9-16-7-18-21)17-8-19-22(14)11(2)20-13/h3-9H,1-2H3. The lowest BCUT2D eigenvalue weighted by atomic mass is 10.1. The highest BCUT2D eigenvalue weighted by Crippen LogP contribution is 2.29. The fraction of sp³-hybridized carbons (Fsp3) is 0.133. The minimum Gasteiger partial charge on any atom is -0.231 e. The van der Waals surface area contributed by atoms with Crippen LogP contribution in [0.4, 0.5) is 0 Å². The van der Waals surface area contributed by atoms with Crippen LogP contribution in [0, 0.1) is 13.8 Å². The van der Waals surface area contributed by atoms with E-state index in [9.17, 15) is 0 Å². The number of rotatable bonds is 2. The number of hydrogen-bond donors (Lipinski definition) is 0. The summed E-state index contributed by atoms with van der Waals surface area (Å²) in [6.45, 7) is 3.99. The highest BCUT2D eigenvalue weighted by molar-refractivity contribution is 5.84. The van der Waals surface area contributed by atoms with Gasteiger partial charge in [0.1, 0.15) is 36.0 Å². The van der Waals surface area contributed by atoms with Gasteiger partial charge < -0.3 is 0 Å². The summed E-state index contributed by atoms with van der Waals surface area (Å²) < 4.78 is 3.41. The zero-order valence-corrected chi connectivity index (χ0v) is 12.2. The van der Waals surface area contributed by atoms with Crippen molar-refractivity contribution in [1.29, 1.82) is 0 Å². The van der Waals surface area contributed by atoms with E-state index in [2.05, 4.69) is 39.2 Å². The third-order valence-electron chi connectivity index (χ3n) is 3.61. The van der Waals surface area contributed by atoms with Crippen molar-refractivity contribution in [3.63, 3.8) is 0 Å². The van der Waals surface area contributed by atoms with Crippen molar-refractivity contribution in [1.82, 2.24) is 34.3 Å².